The molecule has 0 bridgehead atoms. The lowest BCUT2D eigenvalue weighted by Gasteiger charge is -2.32. The predicted octanol–water partition coefficient (Wildman–Crippen LogP) is 1.45. The van der Waals surface area contributed by atoms with Crippen molar-refractivity contribution < 1.29 is 13.6 Å². The van der Waals surface area contributed by atoms with Gasteiger partial charge in [-0.15, -0.1) is 0 Å². The van der Waals surface area contributed by atoms with Crippen molar-refractivity contribution in [2.24, 2.45) is 0 Å². The number of hydrogen-bond donors (Lipinski definition) is 0. The van der Waals surface area contributed by atoms with Crippen LogP contribution >= 0.6 is 0 Å². The van der Waals surface area contributed by atoms with Crippen molar-refractivity contribution in [3.63, 3.8) is 0 Å². The van der Waals surface area contributed by atoms with Gasteiger partial charge < -0.3 is 13.6 Å². The van der Waals surface area contributed by atoms with Gasteiger partial charge in [-0.05, 0) is 16.8 Å². The van der Waals surface area contributed by atoms with Crippen LogP contribution in [0, 0.1) is 0 Å². The monoisotopic (exact) mass is 298 g/mol. The second-order valence-electron chi connectivity index (χ2n) is 5.51. The van der Waals surface area contributed by atoms with Gasteiger partial charge >= 0.3 is 8.56 Å². The molecule has 0 aliphatic carbocycles. The lowest BCUT2D eigenvalue weighted by atomic mass is 10.2. The third kappa shape index (κ3) is 2.44. The maximum Gasteiger partial charge on any atom is 0.407 e. The highest BCUT2D eigenvalue weighted by molar-refractivity contribution is 6.92. The van der Waals surface area contributed by atoms with E-state index in [4.69, 9.17) is 13.6 Å². The van der Waals surface area contributed by atoms with Gasteiger partial charge in [-0.2, -0.15) is 0 Å². The van der Waals surface area contributed by atoms with Crippen molar-refractivity contribution in [1.29, 1.82) is 0 Å². The van der Waals surface area contributed by atoms with Crippen LogP contribution in [0.3, 0.4) is 0 Å². The standard InChI is InChI=1S/C17H18O3Si/c1-3-7-14(8-4-1)21(15-9-5-2-6-10-15)18-12-11-16-17(20-16)13-19-21/h1-10,16-17H,11-13H2. The highest BCUT2D eigenvalue weighted by Crippen LogP contribution is 2.29. The molecule has 3 nitrogen and oxygen atoms in total. The molecule has 0 saturated carbocycles. The van der Waals surface area contributed by atoms with Crippen LogP contribution in [-0.2, 0) is 13.6 Å². The molecule has 2 heterocycles. The molecule has 2 aromatic carbocycles. The molecule has 2 aliphatic heterocycles. The number of benzene rings is 2. The Balaban J connectivity index is 1.77. The van der Waals surface area contributed by atoms with Gasteiger partial charge in [0.25, 0.3) is 0 Å². The van der Waals surface area contributed by atoms with Crippen molar-refractivity contribution in [3.8, 4) is 0 Å². The van der Waals surface area contributed by atoms with Gasteiger partial charge in [-0.3, -0.25) is 0 Å². The van der Waals surface area contributed by atoms with E-state index in [-0.39, 0.29) is 6.10 Å². The molecule has 2 aromatic rings. The van der Waals surface area contributed by atoms with E-state index >= 15 is 0 Å². The summed E-state index contributed by atoms with van der Waals surface area (Å²) in [7, 11) is -2.61. The van der Waals surface area contributed by atoms with Gasteiger partial charge in [0.1, 0.15) is 6.10 Å². The fourth-order valence-corrected chi connectivity index (χ4v) is 6.10. The van der Waals surface area contributed by atoms with Crippen molar-refractivity contribution in [2.75, 3.05) is 13.2 Å². The second kappa shape index (κ2) is 5.39. The maximum atomic E-state index is 6.39. The number of ether oxygens (including phenoxy) is 1. The SMILES string of the molecule is c1ccc([Si]2(c3ccccc3)OCCC3OC3CO2)cc1. The summed E-state index contributed by atoms with van der Waals surface area (Å²) in [6.45, 7) is 1.32. The quantitative estimate of drug-likeness (QED) is 0.621. The normalized spacial score (nSPS) is 27.2. The molecule has 0 N–H and O–H groups in total. The zero-order chi connectivity index (χ0) is 14.1. The first kappa shape index (κ1) is 13.2. The van der Waals surface area contributed by atoms with Gasteiger partial charge in [0.05, 0.1) is 12.7 Å². The fourth-order valence-electron chi connectivity index (χ4n) is 2.95. The first-order chi connectivity index (χ1) is 10.4. The Morgan fingerprint density at radius 2 is 1.38 bits per heavy atom. The van der Waals surface area contributed by atoms with Gasteiger partial charge in [-0.1, -0.05) is 60.7 Å². The lowest BCUT2D eigenvalue weighted by molar-refractivity contribution is 0.174. The summed E-state index contributed by atoms with van der Waals surface area (Å²) in [6.07, 6.45) is 1.55. The molecule has 21 heavy (non-hydrogen) atoms. The Morgan fingerprint density at radius 3 is 2.00 bits per heavy atom. The van der Waals surface area contributed by atoms with E-state index < -0.39 is 8.56 Å². The molecule has 2 unspecified atom stereocenters. The summed E-state index contributed by atoms with van der Waals surface area (Å²) >= 11 is 0. The summed E-state index contributed by atoms with van der Waals surface area (Å²) < 4.78 is 18.4. The lowest BCUT2D eigenvalue weighted by Crippen LogP contribution is -2.64. The van der Waals surface area contributed by atoms with Crippen molar-refractivity contribution in [2.45, 2.75) is 18.6 Å². The second-order valence-corrected chi connectivity index (χ2v) is 8.47. The van der Waals surface area contributed by atoms with Crippen molar-refractivity contribution in [1.82, 2.24) is 0 Å². The minimum Gasteiger partial charge on any atom is -0.388 e. The Kier molecular flexibility index (Phi) is 3.39. The zero-order valence-corrected chi connectivity index (χ0v) is 12.8. The largest absolute Gasteiger partial charge is 0.407 e. The minimum atomic E-state index is -2.61. The van der Waals surface area contributed by atoms with E-state index in [1.807, 2.05) is 12.1 Å². The Bertz CT molecular complexity index is 562. The molecule has 2 saturated heterocycles. The molecular weight excluding hydrogens is 280 g/mol. The molecular formula is C17H18O3Si. The molecule has 0 amide bonds. The van der Waals surface area contributed by atoms with Crippen LogP contribution in [0.2, 0.25) is 0 Å². The van der Waals surface area contributed by atoms with E-state index in [1.165, 1.54) is 0 Å². The summed E-state index contributed by atoms with van der Waals surface area (Å²) in [5.74, 6) is 0. The van der Waals surface area contributed by atoms with E-state index in [1.54, 1.807) is 0 Å². The molecule has 0 radical (unpaired) electrons. The number of hydrogen-bond acceptors (Lipinski definition) is 3. The maximum absolute atomic E-state index is 6.39. The van der Waals surface area contributed by atoms with Crippen LogP contribution < -0.4 is 10.4 Å². The van der Waals surface area contributed by atoms with Crippen LogP contribution in [0.5, 0.6) is 0 Å². The van der Waals surface area contributed by atoms with E-state index in [9.17, 15) is 0 Å². The van der Waals surface area contributed by atoms with Gasteiger partial charge in [0.2, 0.25) is 0 Å². The Labute approximate surface area is 125 Å². The van der Waals surface area contributed by atoms with E-state index in [2.05, 4.69) is 48.5 Å². The van der Waals surface area contributed by atoms with Crippen molar-refractivity contribution in [3.05, 3.63) is 60.7 Å². The summed E-state index contributed by atoms with van der Waals surface area (Å²) in [6, 6.07) is 20.7. The average Bonchev–Trinajstić information content (AvgIpc) is 3.27. The number of epoxide rings is 1. The predicted molar refractivity (Wildman–Crippen MR) is 83.1 cm³/mol. The van der Waals surface area contributed by atoms with Crippen LogP contribution in [0.25, 0.3) is 0 Å². The molecule has 108 valence electrons. The Morgan fingerprint density at radius 1 is 0.762 bits per heavy atom. The molecule has 0 aromatic heterocycles. The average molecular weight is 298 g/mol. The van der Waals surface area contributed by atoms with Gasteiger partial charge in [0.15, 0.2) is 0 Å². The van der Waals surface area contributed by atoms with Crippen LogP contribution in [0.4, 0.5) is 0 Å². The third-order valence-electron chi connectivity index (χ3n) is 4.15. The van der Waals surface area contributed by atoms with Gasteiger partial charge in [-0.25, -0.2) is 0 Å². The van der Waals surface area contributed by atoms with Gasteiger partial charge in [0, 0.05) is 6.61 Å². The molecule has 2 fully saturated rings. The summed E-state index contributed by atoms with van der Waals surface area (Å²) in [5, 5.41) is 2.32. The number of fused-ring (bicyclic) bond motifs is 1. The topological polar surface area (TPSA) is 31.0 Å². The zero-order valence-electron chi connectivity index (χ0n) is 11.8. The fraction of sp³-hybridized carbons (Fsp3) is 0.294. The molecule has 2 aliphatic rings. The van der Waals surface area contributed by atoms with Crippen molar-refractivity contribution >= 4 is 18.9 Å². The molecule has 4 rings (SSSR count). The van der Waals surface area contributed by atoms with E-state index in [0.29, 0.717) is 19.3 Å². The third-order valence-corrected chi connectivity index (χ3v) is 7.52. The Hall–Kier alpha value is -1.46. The van der Waals surface area contributed by atoms with Crippen LogP contribution in [0.1, 0.15) is 6.42 Å². The molecule has 4 heteroatoms. The minimum absolute atomic E-state index is 0.258. The highest BCUT2D eigenvalue weighted by atomic mass is 28.4. The number of rotatable bonds is 2. The highest BCUT2D eigenvalue weighted by Gasteiger charge is 2.49. The van der Waals surface area contributed by atoms with Crippen LogP contribution in [0.15, 0.2) is 60.7 Å². The summed E-state index contributed by atoms with van der Waals surface area (Å²) in [5.41, 5.74) is 0. The first-order valence-corrected chi connectivity index (χ1v) is 9.24. The van der Waals surface area contributed by atoms with Crippen LogP contribution in [-0.4, -0.2) is 34.0 Å². The molecule has 2 atom stereocenters. The van der Waals surface area contributed by atoms with E-state index in [0.717, 1.165) is 16.8 Å². The smallest absolute Gasteiger partial charge is 0.388 e. The first-order valence-electron chi connectivity index (χ1n) is 7.43. The summed E-state index contributed by atoms with van der Waals surface area (Å²) in [4.78, 5) is 0. The molecule has 0 spiro atoms.